The predicted molar refractivity (Wildman–Crippen MR) is 93.9 cm³/mol. The lowest BCUT2D eigenvalue weighted by Crippen LogP contribution is -2.53. The molecule has 0 saturated carbocycles. The van der Waals surface area contributed by atoms with E-state index in [1.54, 1.807) is 36.3 Å². The molecule has 1 unspecified atom stereocenters. The quantitative estimate of drug-likeness (QED) is 0.840. The van der Waals surface area contributed by atoms with Crippen LogP contribution in [0.15, 0.2) is 29.2 Å². The molecule has 2 fully saturated rings. The van der Waals surface area contributed by atoms with Gasteiger partial charge in [-0.25, -0.2) is 8.42 Å². The molecule has 1 N–H and O–H groups in total. The number of piperidine rings is 1. The first-order valence-electron chi connectivity index (χ1n) is 8.66. The predicted octanol–water partition coefficient (Wildman–Crippen LogP) is 0.528. The van der Waals surface area contributed by atoms with Crippen LogP contribution >= 0.6 is 0 Å². The van der Waals surface area contributed by atoms with Crippen molar-refractivity contribution in [2.24, 2.45) is 5.92 Å². The van der Waals surface area contributed by atoms with Gasteiger partial charge in [-0.1, -0.05) is 0 Å². The number of carbonyl (C=O) groups excluding carboxylic acids is 1. The van der Waals surface area contributed by atoms with Gasteiger partial charge in [-0.15, -0.1) is 0 Å². The van der Waals surface area contributed by atoms with Crippen LogP contribution in [0, 0.1) is 5.92 Å². The molecule has 1 aromatic rings. The second-order valence-electron chi connectivity index (χ2n) is 6.45. The van der Waals surface area contributed by atoms with E-state index in [4.69, 9.17) is 4.74 Å². The van der Waals surface area contributed by atoms with Gasteiger partial charge >= 0.3 is 0 Å². The molecule has 0 aliphatic carbocycles. The summed E-state index contributed by atoms with van der Waals surface area (Å²) in [7, 11) is -1.99. The van der Waals surface area contributed by atoms with Gasteiger partial charge in [0.1, 0.15) is 5.75 Å². The normalized spacial score (nSPS) is 22.6. The zero-order chi connectivity index (χ0) is 17.9. The van der Waals surface area contributed by atoms with Crippen LogP contribution in [0.4, 0.5) is 0 Å². The van der Waals surface area contributed by atoms with Crippen LogP contribution in [-0.4, -0.2) is 69.9 Å². The number of nitrogens with one attached hydrogen (secondary N) is 1. The molecule has 2 saturated heterocycles. The molecule has 1 aromatic carbocycles. The van der Waals surface area contributed by atoms with E-state index in [1.165, 1.54) is 4.31 Å². The van der Waals surface area contributed by atoms with Crippen LogP contribution in [0.5, 0.6) is 5.75 Å². The van der Waals surface area contributed by atoms with Crippen molar-refractivity contribution in [3.63, 3.8) is 0 Å². The molecule has 7 nitrogen and oxygen atoms in total. The van der Waals surface area contributed by atoms with Crippen molar-refractivity contribution < 1.29 is 17.9 Å². The van der Waals surface area contributed by atoms with Gasteiger partial charge in [-0.3, -0.25) is 4.79 Å². The van der Waals surface area contributed by atoms with Crippen molar-refractivity contribution in [2.45, 2.75) is 17.7 Å². The maximum absolute atomic E-state index is 12.7. The first kappa shape index (κ1) is 18.2. The van der Waals surface area contributed by atoms with Crippen molar-refractivity contribution in [3.8, 4) is 5.75 Å². The molecular formula is C17H25N3O4S. The number of carbonyl (C=O) groups is 1. The number of amides is 1. The number of piperazine rings is 1. The molecule has 0 radical (unpaired) electrons. The molecule has 2 aliphatic rings. The highest BCUT2D eigenvalue weighted by molar-refractivity contribution is 7.89. The fraction of sp³-hybridized carbons (Fsp3) is 0.588. The van der Waals surface area contributed by atoms with Gasteiger partial charge in [-0.2, -0.15) is 4.31 Å². The number of benzene rings is 1. The SMILES string of the molecule is COc1ccc(S(=O)(=O)N2CCN(C(=O)C3CCCNC3)CC2)cc1. The topological polar surface area (TPSA) is 79.0 Å². The highest BCUT2D eigenvalue weighted by Gasteiger charge is 2.32. The fourth-order valence-corrected chi connectivity index (χ4v) is 4.79. The average Bonchev–Trinajstić information content (AvgIpc) is 2.68. The number of rotatable bonds is 4. The van der Waals surface area contributed by atoms with Crippen molar-refractivity contribution in [1.82, 2.24) is 14.5 Å². The highest BCUT2D eigenvalue weighted by atomic mass is 32.2. The highest BCUT2D eigenvalue weighted by Crippen LogP contribution is 2.22. The van der Waals surface area contributed by atoms with Gasteiger partial charge in [0.25, 0.3) is 0 Å². The molecule has 0 aromatic heterocycles. The van der Waals surface area contributed by atoms with Crippen molar-refractivity contribution in [1.29, 1.82) is 0 Å². The van der Waals surface area contributed by atoms with E-state index in [1.807, 2.05) is 0 Å². The van der Waals surface area contributed by atoms with Gasteiger partial charge in [0, 0.05) is 32.7 Å². The van der Waals surface area contributed by atoms with Crippen LogP contribution in [-0.2, 0) is 14.8 Å². The number of nitrogens with zero attached hydrogens (tertiary/aromatic N) is 2. The maximum atomic E-state index is 12.7. The van der Waals surface area contributed by atoms with Crippen LogP contribution in [0.1, 0.15) is 12.8 Å². The van der Waals surface area contributed by atoms with Gasteiger partial charge in [-0.05, 0) is 43.7 Å². The third kappa shape index (κ3) is 3.96. The lowest BCUT2D eigenvalue weighted by Gasteiger charge is -2.36. The van der Waals surface area contributed by atoms with Gasteiger partial charge in [0.2, 0.25) is 15.9 Å². The van der Waals surface area contributed by atoms with Crippen LogP contribution in [0.25, 0.3) is 0 Å². The van der Waals surface area contributed by atoms with Crippen molar-refractivity contribution >= 4 is 15.9 Å². The molecule has 3 rings (SSSR count). The molecule has 2 heterocycles. The Hall–Kier alpha value is -1.64. The Morgan fingerprint density at radius 3 is 2.40 bits per heavy atom. The molecular weight excluding hydrogens is 342 g/mol. The Morgan fingerprint density at radius 2 is 1.84 bits per heavy atom. The lowest BCUT2D eigenvalue weighted by molar-refractivity contribution is -0.137. The minimum Gasteiger partial charge on any atom is -0.497 e. The third-order valence-corrected chi connectivity index (χ3v) is 6.81. The summed E-state index contributed by atoms with van der Waals surface area (Å²) in [5.74, 6) is 0.794. The molecule has 1 amide bonds. The molecule has 25 heavy (non-hydrogen) atoms. The molecule has 138 valence electrons. The average molecular weight is 367 g/mol. The monoisotopic (exact) mass is 367 g/mol. The van der Waals surface area contributed by atoms with E-state index in [0.29, 0.717) is 31.9 Å². The van der Waals surface area contributed by atoms with Gasteiger partial charge < -0.3 is 15.0 Å². The molecule has 2 aliphatic heterocycles. The van der Waals surface area contributed by atoms with E-state index < -0.39 is 10.0 Å². The second-order valence-corrected chi connectivity index (χ2v) is 8.39. The molecule has 0 bridgehead atoms. The number of hydrogen-bond donors (Lipinski definition) is 1. The second kappa shape index (κ2) is 7.72. The minimum absolute atomic E-state index is 0.0264. The van der Waals surface area contributed by atoms with E-state index in [9.17, 15) is 13.2 Å². The number of ether oxygens (including phenoxy) is 1. The summed E-state index contributed by atoms with van der Waals surface area (Å²) in [6.07, 6.45) is 1.93. The fourth-order valence-electron chi connectivity index (χ4n) is 3.37. The van der Waals surface area contributed by atoms with Gasteiger partial charge in [0.15, 0.2) is 0 Å². The lowest BCUT2D eigenvalue weighted by atomic mass is 9.98. The molecule has 1 atom stereocenters. The summed E-state index contributed by atoms with van der Waals surface area (Å²) >= 11 is 0. The molecule has 0 spiro atoms. The molecule has 8 heteroatoms. The number of sulfonamides is 1. The Balaban J connectivity index is 1.61. The first-order chi connectivity index (χ1) is 12.0. The van der Waals surface area contributed by atoms with E-state index in [2.05, 4.69) is 5.32 Å². The zero-order valence-electron chi connectivity index (χ0n) is 14.5. The summed E-state index contributed by atoms with van der Waals surface area (Å²) < 4.78 is 32.0. The van der Waals surface area contributed by atoms with E-state index >= 15 is 0 Å². The summed E-state index contributed by atoms with van der Waals surface area (Å²) in [6, 6.07) is 6.39. The van der Waals surface area contributed by atoms with Crippen LogP contribution in [0.3, 0.4) is 0 Å². The smallest absolute Gasteiger partial charge is 0.243 e. The van der Waals surface area contributed by atoms with Gasteiger partial charge in [0.05, 0.1) is 17.9 Å². The Morgan fingerprint density at radius 1 is 1.16 bits per heavy atom. The Labute approximate surface area is 149 Å². The third-order valence-electron chi connectivity index (χ3n) is 4.89. The summed E-state index contributed by atoms with van der Waals surface area (Å²) in [5, 5.41) is 3.25. The Kier molecular flexibility index (Phi) is 5.61. The first-order valence-corrected chi connectivity index (χ1v) is 10.1. The van der Waals surface area contributed by atoms with E-state index in [0.717, 1.165) is 25.9 Å². The zero-order valence-corrected chi connectivity index (χ0v) is 15.3. The maximum Gasteiger partial charge on any atom is 0.243 e. The Bertz CT molecular complexity index is 691. The van der Waals surface area contributed by atoms with Crippen molar-refractivity contribution in [3.05, 3.63) is 24.3 Å². The number of hydrogen-bond acceptors (Lipinski definition) is 5. The van der Waals surface area contributed by atoms with Crippen LogP contribution < -0.4 is 10.1 Å². The standard InChI is InChI=1S/C17H25N3O4S/c1-24-15-4-6-16(7-5-15)25(22,23)20-11-9-19(10-12-20)17(21)14-3-2-8-18-13-14/h4-7,14,18H,2-3,8-13H2,1H3. The largest absolute Gasteiger partial charge is 0.497 e. The minimum atomic E-state index is -3.53. The summed E-state index contributed by atoms with van der Waals surface area (Å²) in [5.41, 5.74) is 0. The van der Waals surface area contributed by atoms with Crippen LogP contribution in [0.2, 0.25) is 0 Å². The number of methoxy groups -OCH3 is 1. The summed E-state index contributed by atoms with van der Waals surface area (Å²) in [4.78, 5) is 14.6. The van der Waals surface area contributed by atoms with Crippen molar-refractivity contribution in [2.75, 3.05) is 46.4 Å². The summed E-state index contributed by atoms with van der Waals surface area (Å²) in [6.45, 7) is 3.26. The van der Waals surface area contributed by atoms with E-state index in [-0.39, 0.29) is 16.7 Å².